The number of carbonyl (C=O) groups excluding carboxylic acids is 1. The smallest absolute Gasteiger partial charge is 0.237 e. The van der Waals surface area contributed by atoms with Gasteiger partial charge in [-0.25, -0.2) is 0 Å². The number of benzene rings is 3. The molecule has 1 aromatic heterocycles. The molecule has 1 aliphatic rings. The van der Waals surface area contributed by atoms with Gasteiger partial charge in [-0.2, -0.15) is 0 Å². The zero-order valence-corrected chi connectivity index (χ0v) is 19.6. The van der Waals surface area contributed by atoms with Crippen LogP contribution in [0.15, 0.2) is 71.9 Å². The van der Waals surface area contributed by atoms with Crippen molar-refractivity contribution in [3.8, 4) is 5.75 Å². The number of anilines is 1. The molecule has 0 bridgehead atoms. The molecule has 8 heteroatoms. The van der Waals surface area contributed by atoms with Gasteiger partial charge in [-0.1, -0.05) is 65.8 Å². The normalized spacial score (nSPS) is 14.2. The molecule has 4 aromatic rings. The Kier molecular flexibility index (Phi) is 6.24. The molecule has 1 saturated carbocycles. The van der Waals surface area contributed by atoms with Gasteiger partial charge in [-0.05, 0) is 54.8 Å². The SMILES string of the molecule is C[C@@H](Sc1nnc(COc2ccccc2Cl)n1C1CC1)C(=O)Nc1ccc2ccccc2c1. The standard InChI is InChI=1S/C25H23ClN4O2S/c1-16(24(31)27-19-11-10-17-6-2-3-7-18(17)14-19)33-25-29-28-23(30(25)20-12-13-20)15-32-22-9-5-4-8-21(22)26/h2-11,14,16,20H,12-13,15H2,1H3,(H,27,31)/t16-/m1/s1. The molecule has 1 amide bonds. The number of carbonyl (C=O) groups is 1. The fourth-order valence-corrected chi connectivity index (χ4v) is 4.74. The van der Waals surface area contributed by atoms with E-state index in [1.165, 1.54) is 11.8 Å². The van der Waals surface area contributed by atoms with Crippen LogP contribution in [-0.4, -0.2) is 25.9 Å². The van der Waals surface area contributed by atoms with Crippen molar-refractivity contribution in [1.82, 2.24) is 14.8 Å². The third kappa shape index (κ3) is 4.99. The monoisotopic (exact) mass is 478 g/mol. The first-order valence-corrected chi connectivity index (χ1v) is 12.1. The number of hydrogen-bond donors (Lipinski definition) is 1. The van der Waals surface area contributed by atoms with E-state index in [1.54, 1.807) is 6.07 Å². The van der Waals surface area contributed by atoms with E-state index in [1.807, 2.05) is 61.5 Å². The molecule has 168 valence electrons. The Bertz CT molecular complexity index is 1300. The average Bonchev–Trinajstić information content (AvgIpc) is 3.59. The number of fused-ring (bicyclic) bond motifs is 1. The van der Waals surface area contributed by atoms with E-state index < -0.39 is 0 Å². The Hall–Kier alpha value is -3.03. The number of rotatable bonds is 8. The van der Waals surface area contributed by atoms with Gasteiger partial charge in [0.05, 0.1) is 10.3 Å². The summed E-state index contributed by atoms with van der Waals surface area (Å²) in [5.74, 6) is 1.28. The number of nitrogens with zero attached hydrogens (tertiary/aromatic N) is 3. The molecule has 1 heterocycles. The van der Waals surface area contributed by atoms with Crippen molar-refractivity contribution >= 4 is 45.7 Å². The third-order valence-corrected chi connectivity index (χ3v) is 6.88. The second-order valence-corrected chi connectivity index (χ2v) is 9.75. The van der Waals surface area contributed by atoms with Gasteiger partial charge in [0.1, 0.15) is 12.4 Å². The summed E-state index contributed by atoms with van der Waals surface area (Å²) in [7, 11) is 0. The van der Waals surface area contributed by atoms with Crippen molar-refractivity contribution in [2.45, 2.75) is 42.8 Å². The van der Waals surface area contributed by atoms with Crippen LogP contribution in [0.3, 0.4) is 0 Å². The molecule has 0 spiro atoms. The fourth-order valence-electron chi connectivity index (χ4n) is 3.61. The van der Waals surface area contributed by atoms with Crippen LogP contribution in [0.5, 0.6) is 5.75 Å². The van der Waals surface area contributed by atoms with Crippen LogP contribution in [0.1, 0.15) is 31.6 Å². The lowest BCUT2D eigenvalue weighted by Crippen LogP contribution is -2.23. The summed E-state index contributed by atoms with van der Waals surface area (Å²) < 4.78 is 7.98. The highest BCUT2D eigenvalue weighted by Gasteiger charge is 2.31. The molecule has 0 radical (unpaired) electrons. The van der Waals surface area contributed by atoms with E-state index in [9.17, 15) is 4.79 Å². The maximum Gasteiger partial charge on any atom is 0.237 e. The van der Waals surface area contributed by atoms with Gasteiger partial charge < -0.3 is 10.1 Å². The summed E-state index contributed by atoms with van der Waals surface area (Å²) in [6.45, 7) is 2.15. The number of amides is 1. The molecule has 3 aromatic carbocycles. The Labute approximate surface area is 201 Å². The van der Waals surface area contributed by atoms with E-state index in [0.29, 0.717) is 16.8 Å². The maximum atomic E-state index is 12.9. The highest BCUT2D eigenvalue weighted by molar-refractivity contribution is 8.00. The van der Waals surface area contributed by atoms with Gasteiger partial charge in [0.25, 0.3) is 0 Å². The first kappa shape index (κ1) is 21.8. The second kappa shape index (κ2) is 9.45. The first-order valence-electron chi connectivity index (χ1n) is 10.9. The zero-order valence-electron chi connectivity index (χ0n) is 18.1. The third-order valence-electron chi connectivity index (χ3n) is 5.51. The lowest BCUT2D eigenvalue weighted by Gasteiger charge is -2.14. The summed E-state index contributed by atoms with van der Waals surface area (Å²) in [4.78, 5) is 12.9. The predicted octanol–water partition coefficient (Wildman–Crippen LogP) is 6.12. The highest BCUT2D eigenvalue weighted by atomic mass is 35.5. The largest absolute Gasteiger partial charge is 0.484 e. The van der Waals surface area contributed by atoms with Gasteiger partial charge in [0, 0.05) is 11.7 Å². The highest BCUT2D eigenvalue weighted by Crippen LogP contribution is 2.40. The Morgan fingerprint density at radius 1 is 1.12 bits per heavy atom. The summed E-state index contributed by atoms with van der Waals surface area (Å²) in [5, 5.41) is 14.9. The number of thioether (sulfide) groups is 1. The van der Waals surface area contributed by atoms with Crippen LogP contribution in [0.4, 0.5) is 5.69 Å². The van der Waals surface area contributed by atoms with Crippen molar-refractivity contribution in [1.29, 1.82) is 0 Å². The minimum atomic E-state index is -0.337. The number of nitrogens with one attached hydrogen (secondary N) is 1. The van der Waals surface area contributed by atoms with Gasteiger partial charge in [-0.15, -0.1) is 10.2 Å². The second-order valence-electron chi connectivity index (χ2n) is 8.03. The Morgan fingerprint density at radius 3 is 2.67 bits per heavy atom. The quantitative estimate of drug-likeness (QED) is 0.309. The molecule has 33 heavy (non-hydrogen) atoms. The van der Waals surface area contributed by atoms with Crippen molar-refractivity contribution in [2.24, 2.45) is 0 Å². The Balaban J connectivity index is 1.27. The minimum Gasteiger partial charge on any atom is -0.484 e. The molecular weight excluding hydrogens is 456 g/mol. The van der Waals surface area contributed by atoms with Crippen LogP contribution in [0.25, 0.3) is 10.8 Å². The van der Waals surface area contributed by atoms with Gasteiger partial charge >= 0.3 is 0 Å². The van der Waals surface area contributed by atoms with Crippen molar-refractivity contribution in [2.75, 3.05) is 5.32 Å². The van der Waals surface area contributed by atoms with Crippen molar-refractivity contribution in [3.63, 3.8) is 0 Å². The lowest BCUT2D eigenvalue weighted by molar-refractivity contribution is -0.115. The average molecular weight is 479 g/mol. The van der Waals surface area contributed by atoms with E-state index in [0.717, 1.165) is 40.3 Å². The maximum absolute atomic E-state index is 12.9. The summed E-state index contributed by atoms with van der Waals surface area (Å²) >= 11 is 7.61. The van der Waals surface area contributed by atoms with Crippen LogP contribution in [0.2, 0.25) is 5.02 Å². The molecule has 1 atom stereocenters. The molecule has 0 unspecified atom stereocenters. The van der Waals surface area contributed by atoms with Crippen molar-refractivity contribution < 1.29 is 9.53 Å². The summed E-state index contributed by atoms with van der Waals surface area (Å²) in [5.41, 5.74) is 0.781. The number of aromatic nitrogens is 3. The first-order chi connectivity index (χ1) is 16.1. The van der Waals surface area contributed by atoms with Gasteiger partial charge in [0.15, 0.2) is 11.0 Å². The number of halogens is 1. The molecule has 1 fully saturated rings. The van der Waals surface area contributed by atoms with E-state index in [4.69, 9.17) is 16.3 Å². The predicted molar refractivity (Wildman–Crippen MR) is 132 cm³/mol. The summed E-state index contributed by atoms with van der Waals surface area (Å²) in [6, 6.07) is 21.7. The van der Waals surface area contributed by atoms with E-state index in [-0.39, 0.29) is 17.8 Å². The number of hydrogen-bond acceptors (Lipinski definition) is 5. The minimum absolute atomic E-state index is 0.0745. The molecule has 0 saturated heterocycles. The topological polar surface area (TPSA) is 69.0 Å². The lowest BCUT2D eigenvalue weighted by atomic mass is 10.1. The molecule has 5 rings (SSSR count). The van der Waals surface area contributed by atoms with Crippen LogP contribution >= 0.6 is 23.4 Å². The van der Waals surface area contributed by atoms with E-state index >= 15 is 0 Å². The molecule has 1 N–H and O–H groups in total. The fraction of sp³-hybridized carbons (Fsp3) is 0.240. The number of ether oxygens (including phenoxy) is 1. The van der Waals surface area contributed by atoms with Crippen LogP contribution in [-0.2, 0) is 11.4 Å². The van der Waals surface area contributed by atoms with Crippen molar-refractivity contribution in [3.05, 3.63) is 77.6 Å². The van der Waals surface area contributed by atoms with Gasteiger partial charge in [-0.3, -0.25) is 9.36 Å². The van der Waals surface area contributed by atoms with E-state index in [2.05, 4.69) is 26.1 Å². The Morgan fingerprint density at radius 2 is 1.88 bits per heavy atom. The molecule has 6 nitrogen and oxygen atoms in total. The van der Waals surface area contributed by atoms with Crippen LogP contribution < -0.4 is 10.1 Å². The zero-order chi connectivity index (χ0) is 22.8. The molecule has 0 aliphatic heterocycles. The molecule has 1 aliphatic carbocycles. The summed E-state index contributed by atoms with van der Waals surface area (Å²) in [6.07, 6.45) is 2.14. The van der Waals surface area contributed by atoms with Gasteiger partial charge in [0.2, 0.25) is 5.91 Å². The molecular formula is C25H23ClN4O2S. The van der Waals surface area contributed by atoms with Crippen LogP contribution in [0, 0.1) is 0 Å². The number of para-hydroxylation sites is 1.